The first kappa shape index (κ1) is 15.5. The monoisotopic (exact) mass is 281 g/mol. The molecule has 2 aliphatic rings. The lowest BCUT2D eigenvalue weighted by Gasteiger charge is -2.42. The Hall–Kier alpha value is -0.910. The van der Waals surface area contributed by atoms with Crippen LogP contribution in [0.25, 0.3) is 0 Å². The fourth-order valence-electron chi connectivity index (χ4n) is 2.79. The van der Waals surface area contributed by atoms with Gasteiger partial charge < -0.3 is 9.64 Å². The van der Waals surface area contributed by atoms with Gasteiger partial charge in [0.1, 0.15) is 0 Å². The van der Waals surface area contributed by atoms with Crippen molar-refractivity contribution in [2.24, 2.45) is 0 Å². The lowest BCUT2D eigenvalue weighted by atomic mass is 10.1. The topological polar surface area (TPSA) is 36.0 Å². The minimum absolute atomic E-state index is 0.144. The van der Waals surface area contributed by atoms with Crippen LogP contribution in [0.3, 0.4) is 0 Å². The summed E-state index contributed by atoms with van der Waals surface area (Å²) in [4.78, 5) is 18.9. The molecule has 0 aromatic carbocycles. The zero-order valence-corrected chi connectivity index (χ0v) is 12.9. The first-order chi connectivity index (χ1) is 9.58. The number of hydrogen-bond acceptors (Lipinski definition) is 4. The van der Waals surface area contributed by atoms with Gasteiger partial charge in [-0.05, 0) is 20.9 Å². The fraction of sp³-hybridized carbons (Fsp3) is 0.800. The van der Waals surface area contributed by atoms with Gasteiger partial charge in [0.15, 0.2) is 0 Å². The van der Waals surface area contributed by atoms with Gasteiger partial charge in [-0.25, -0.2) is 0 Å². The van der Waals surface area contributed by atoms with E-state index in [9.17, 15) is 4.79 Å². The van der Waals surface area contributed by atoms with Gasteiger partial charge in [-0.1, -0.05) is 6.08 Å². The van der Waals surface area contributed by atoms with E-state index in [-0.39, 0.29) is 11.9 Å². The second-order valence-corrected chi connectivity index (χ2v) is 5.94. The predicted octanol–water partition coefficient (Wildman–Crippen LogP) is 0.426. The molecule has 0 aromatic rings. The van der Waals surface area contributed by atoms with Crippen LogP contribution in [0.5, 0.6) is 0 Å². The Morgan fingerprint density at radius 1 is 1.20 bits per heavy atom. The third-order valence-corrected chi connectivity index (χ3v) is 4.31. The number of rotatable bonds is 3. The van der Waals surface area contributed by atoms with Crippen molar-refractivity contribution in [3.05, 3.63) is 12.2 Å². The lowest BCUT2D eigenvalue weighted by Crippen LogP contribution is -2.56. The highest BCUT2D eigenvalue weighted by Gasteiger charge is 2.28. The van der Waals surface area contributed by atoms with E-state index in [1.165, 1.54) is 0 Å². The van der Waals surface area contributed by atoms with Crippen LogP contribution in [0.4, 0.5) is 0 Å². The Kier molecular flexibility index (Phi) is 5.57. The van der Waals surface area contributed by atoms with Crippen LogP contribution in [-0.2, 0) is 9.53 Å². The molecule has 20 heavy (non-hydrogen) atoms. The van der Waals surface area contributed by atoms with Crippen LogP contribution in [0.2, 0.25) is 0 Å². The molecule has 2 saturated heterocycles. The number of nitrogens with zero attached hydrogens (tertiary/aromatic N) is 3. The minimum Gasteiger partial charge on any atom is -0.379 e. The molecule has 0 unspecified atom stereocenters. The molecular weight excluding hydrogens is 254 g/mol. The fourth-order valence-corrected chi connectivity index (χ4v) is 2.79. The van der Waals surface area contributed by atoms with E-state index in [4.69, 9.17) is 4.74 Å². The molecule has 0 radical (unpaired) electrons. The minimum atomic E-state index is 0.144. The number of morpholine rings is 1. The van der Waals surface area contributed by atoms with Gasteiger partial charge in [-0.15, -0.1) is 0 Å². The SMILES string of the molecule is C[C@@H]1CN(C)[C@@H](C)CN1C(=O)/C=C/CN1CCOCC1. The quantitative estimate of drug-likeness (QED) is 0.703. The molecular formula is C15H27N3O2. The summed E-state index contributed by atoms with van der Waals surface area (Å²) in [6, 6.07) is 0.722. The molecule has 2 atom stereocenters. The van der Waals surface area contributed by atoms with Crippen LogP contribution in [0.15, 0.2) is 12.2 Å². The van der Waals surface area contributed by atoms with Gasteiger partial charge in [-0.3, -0.25) is 14.6 Å². The Labute approximate surface area is 122 Å². The summed E-state index contributed by atoms with van der Waals surface area (Å²) in [5.74, 6) is 0.144. The van der Waals surface area contributed by atoms with E-state index in [1.807, 2.05) is 11.0 Å². The van der Waals surface area contributed by atoms with Crippen LogP contribution < -0.4 is 0 Å². The summed E-state index contributed by atoms with van der Waals surface area (Å²) < 4.78 is 5.31. The van der Waals surface area contributed by atoms with E-state index in [2.05, 4.69) is 30.7 Å². The third-order valence-electron chi connectivity index (χ3n) is 4.31. The average molecular weight is 281 g/mol. The Morgan fingerprint density at radius 2 is 1.90 bits per heavy atom. The van der Waals surface area contributed by atoms with Crippen molar-refractivity contribution in [3.8, 4) is 0 Å². The van der Waals surface area contributed by atoms with Crippen molar-refractivity contribution >= 4 is 5.91 Å². The summed E-state index contributed by atoms with van der Waals surface area (Å²) in [7, 11) is 2.12. The van der Waals surface area contributed by atoms with Gasteiger partial charge >= 0.3 is 0 Å². The molecule has 2 aliphatic heterocycles. The number of carbonyl (C=O) groups excluding carboxylic acids is 1. The highest BCUT2D eigenvalue weighted by atomic mass is 16.5. The molecule has 5 heteroatoms. The van der Waals surface area contributed by atoms with Crippen LogP contribution in [0.1, 0.15) is 13.8 Å². The predicted molar refractivity (Wildman–Crippen MR) is 79.7 cm³/mol. The van der Waals surface area contributed by atoms with Gasteiger partial charge in [0.05, 0.1) is 13.2 Å². The molecule has 5 nitrogen and oxygen atoms in total. The zero-order chi connectivity index (χ0) is 14.5. The van der Waals surface area contributed by atoms with E-state index in [1.54, 1.807) is 6.08 Å². The van der Waals surface area contributed by atoms with Crippen molar-refractivity contribution in [2.75, 3.05) is 53.0 Å². The molecule has 2 heterocycles. The summed E-state index contributed by atoms with van der Waals surface area (Å²) in [5, 5.41) is 0. The van der Waals surface area contributed by atoms with Crippen LogP contribution >= 0.6 is 0 Å². The van der Waals surface area contributed by atoms with Crippen molar-refractivity contribution < 1.29 is 9.53 Å². The van der Waals surface area contributed by atoms with Gasteiger partial charge in [-0.2, -0.15) is 0 Å². The van der Waals surface area contributed by atoms with Crippen molar-refractivity contribution in [3.63, 3.8) is 0 Å². The maximum Gasteiger partial charge on any atom is 0.246 e. The van der Waals surface area contributed by atoms with Crippen molar-refractivity contribution in [2.45, 2.75) is 25.9 Å². The molecule has 2 fully saturated rings. The highest BCUT2D eigenvalue weighted by molar-refractivity contribution is 5.88. The van der Waals surface area contributed by atoms with E-state index in [0.717, 1.165) is 45.9 Å². The molecule has 114 valence electrons. The summed E-state index contributed by atoms with van der Waals surface area (Å²) in [5.41, 5.74) is 0. The number of likely N-dealkylation sites (N-methyl/N-ethyl adjacent to an activating group) is 1. The molecule has 0 bridgehead atoms. The maximum atomic E-state index is 12.3. The molecule has 0 aromatic heterocycles. The van der Waals surface area contributed by atoms with Crippen molar-refractivity contribution in [1.82, 2.24) is 14.7 Å². The number of carbonyl (C=O) groups is 1. The molecule has 0 saturated carbocycles. The molecule has 0 spiro atoms. The zero-order valence-electron chi connectivity index (χ0n) is 12.9. The molecule has 1 amide bonds. The van der Waals surface area contributed by atoms with Crippen molar-refractivity contribution in [1.29, 1.82) is 0 Å². The highest BCUT2D eigenvalue weighted by Crippen LogP contribution is 2.13. The van der Waals surface area contributed by atoms with E-state index >= 15 is 0 Å². The molecule has 0 N–H and O–H groups in total. The smallest absolute Gasteiger partial charge is 0.246 e. The van der Waals surface area contributed by atoms with Gasteiger partial charge in [0.2, 0.25) is 5.91 Å². The Morgan fingerprint density at radius 3 is 2.60 bits per heavy atom. The van der Waals surface area contributed by atoms with E-state index < -0.39 is 0 Å². The first-order valence-electron chi connectivity index (χ1n) is 7.55. The number of ether oxygens (including phenoxy) is 1. The second kappa shape index (κ2) is 7.20. The second-order valence-electron chi connectivity index (χ2n) is 5.94. The van der Waals surface area contributed by atoms with Gasteiger partial charge in [0.25, 0.3) is 0 Å². The van der Waals surface area contributed by atoms with E-state index in [0.29, 0.717) is 6.04 Å². The first-order valence-corrected chi connectivity index (χ1v) is 7.55. The summed E-state index contributed by atoms with van der Waals surface area (Å²) in [6.07, 6.45) is 3.73. The molecule has 0 aliphatic carbocycles. The van der Waals surface area contributed by atoms with Crippen LogP contribution in [0, 0.1) is 0 Å². The summed E-state index contributed by atoms with van der Waals surface area (Å²) in [6.45, 7) is 10.4. The number of hydrogen-bond donors (Lipinski definition) is 0. The number of piperazine rings is 1. The normalized spacial score (nSPS) is 30.1. The Bertz CT molecular complexity index is 353. The summed E-state index contributed by atoms with van der Waals surface area (Å²) >= 11 is 0. The molecule has 2 rings (SSSR count). The maximum absolute atomic E-state index is 12.3. The largest absolute Gasteiger partial charge is 0.379 e. The third kappa shape index (κ3) is 4.04. The standard InChI is InChI=1S/C15H27N3O2/c1-13-12-18(14(2)11-16(13)3)15(19)5-4-6-17-7-9-20-10-8-17/h4-5,13-14H,6-12H2,1-3H3/b5-4+/t13-,14+/m0/s1. The number of amides is 1. The lowest BCUT2D eigenvalue weighted by molar-refractivity contribution is -0.131. The van der Waals surface area contributed by atoms with Gasteiger partial charge in [0, 0.05) is 50.9 Å². The Balaban J connectivity index is 1.81. The average Bonchev–Trinajstić information content (AvgIpc) is 2.44. The van der Waals surface area contributed by atoms with Crippen LogP contribution in [-0.4, -0.2) is 85.7 Å².